The second-order valence-electron chi connectivity index (χ2n) is 5.15. The topological polar surface area (TPSA) is 72.2 Å². The van der Waals surface area contributed by atoms with Crippen LogP contribution in [0.5, 0.6) is 0 Å². The lowest BCUT2D eigenvalue weighted by Crippen LogP contribution is -2.40. The highest BCUT2D eigenvalue weighted by atomic mass is 35.5. The van der Waals surface area contributed by atoms with Crippen LogP contribution in [0.3, 0.4) is 0 Å². The molecule has 18 heavy (non-hydrogen) atoms. The zero-order valence-electron chi connectivity index (χ0n) is 10.2. The molecule has 1 aliphatic rings. The first-order valence-electron chi connectivity index (χ1n) is 5.88. The van der Waals surface area contributed by atoms with E-state index in [9.17, 15) is 8.42 Å². The van der Waals surface area contributed by atoms with Crippen molar-refractivity contribution >= 4 is 27.3 Å². The van der Waals surface area contributed by atoms with Gasteiger partial charge in [-0.15, -0.1) is 0 Å². The first-order chi connectivity index (χ1) is 8.34. The second kappa shape index (κ2) is 4.72. The van der Waals surface area contributed by atoms with Crippen LogP contribution in [0.4, 0.5) is 5.69 Å². The summed E-state index contributed by atoms with van der Waals surface area (Å²) in [7, 11) is -3.64. The van der Waals surface area contributed by atoms with Gasteiger partial charge in [0.1, 0.15) is 4.90 Å². The number of halogens is 1. The van der Waals surface area contributed by atoms with Crippen LogP contribution in [0, 0.1) is 5.41 Å². The Balaban J connectivity index is 2.20. The van der Waals surface area contributed by atoms with Crippen LogP contribution in [0.2, 0.25) is 5.02 Å². The summed E-state index contributed by atoms with van der Waals surface area (Å²) in [6, 6.07) is 4.69. The van der Waals surface area contributed by atoms with Crippen molar-refractivity contribution in [2.45, 2.75) is 31.1 Å². The van der Waals surface area contributed by atoms with Crippen LogP contribution in [0.15, 0.2) is 23.1 Å². The van der Waals surface area contributed by atoms with Crippen molar-refractivity contribution in [3.05, 3.63) is 23.2 Å². The van der Waals surface area contributed by atoms with Gasteiger partial charge in [-0.1, -0.05) is 31.0 Å². The molecular weight excluding hydrogens is 272 g/mol. The summed E-state index contributed by atoms with van der Waals surface area (Å²) in [6.07, 6.45) is 3.26. The van der Waals surface area contributed by atoms with Crippen LogP contribution in [0.1, 0.15) is 26.2 Å². The largest absolute Gasteiger partial charge is 0.398 e. The van der Waals surface area contributed by atoms with Crippen molar-refractivity contribution in [2.24, 2.45) is 5.41 Å². The Labute approximate surface area is 113 Å². The van der Waals surface area contributed by atoms with E-state index in [4.69, 9.17) is 17.3 Å². The highest BCUT2D eigenvalue weighted by Gasteiger charge is 2.33. The van der Waals surface area contributed by atoms with Crippen molar-refractivity contribution in [2.75, 3.05) is 12.3 Å². The van der Waals surface area contributed by atoms with Crippen molar-refractivity contribution in [1.82, 2.24) is 4.72 Å². The van der Waals surface area contributed by atoms with Crippen LogP contribution in [-0.2, 0) is 10.0 Å². The smallest absolute Gasteiger partial charge is 0.244 e. The third-order valence-electron chi connectivity index (χ3n) is 3.52. The molecule has 0 amide bonds. The fraction of sp³-hybridized carbons (Fsp3) is 0.500. The van der Waals surface area contributed by atoms with Crippen LogP contribution in [0.25, 0.3) is 0 Å². The number of nitrogens with two attached hydrogens (primary N) is 1. The molecule has 0 saturated heterocycles. The third kappa shape index (κ3) is 2.63. The number of anilines is 1. The number of benzene rings is 1. The van der Waals surface area contributed by atoms with E-state index in [1.165, 1.54) is 12.1 Å². The SMILES string of the molecule is CC1(CNS(=O)(=O)c2c(N)cccc2Cl)CCC1. The predicted molar refractivity (Wildman–Crippen MR) is 73.0 cm³/mol. The molecule has 0 heterocycles. The standard InChI is InChI=1S/C12H17ClN2O2S/c1-12(6-3-7-12)8-15-18(16,17)11-9(13)4-2-5-10(11)14/h2,4-5,15H,3,6-8,14H2,1H3. The molecule has 1 aromatic carbocycles. The van der Waals surface area contributed by atoms with Crippen molar-refractivity contribution in [3.63, 3.8) is 0 Å². The summed E-state index contributed by atoms with van der Waals surface area (Å²) < 4.78 is 27.0. The highest BCUT2D eigenvalue weighted by Crippen LogP contribution is 2.40. The van der Waals surface area contributed by atoms with Gasteiger partial charge < -0.3 is 5.73 Å². The van der Waals surface area contributed by atoms with E-state index in [-0.39, 0.29) is 21.0 Å². The Morgan fingerprint density at radius 3 is 2.61 bits per heavy atom. The zero-order chi connectivity index (χ0) is 13.4. The van der Waals surface area contributed by atoms with Crippen LogP contribution in [-0.4, -0.2) is 15.0 Å². The maximum atomic E-state index is 12.2. The van der Waals surface area contributed by atoms with Gasteiger partial charge in [0.15, 0.2) is 0 Å². The molecule has 100 valence electrons. The number of sulfonamides is 1. The molecule has 1 saturated carbocycles. The second-order valence-corrected chi connectivity index (χ2v) is 7.26. The van der Waals surface area contributed by atoms with E-state index in [1.54, 1.807) is 6.07 Å². The molecule has 0 bridgehead atoms. The molecule has 0 unspecified atom stereocenters. The fourth-order valence-electron chi connectivity index (χ4n) is 2.11. The quantitative estimate of drug-likeness (QED) is 0.836. The number of hydrogen-bond donors (Lipinski definition) is 2. The minimum absolute atomic E-state index is 0.0189. The van der Waals surface area contributed by atoms with Gasteiger partial charge >= 0.3 is 0 Å². The molecule has 4 nitrogen and oxygen atoms in total. The minimum atomic E-state index is -3.64. The highest BCUT2D eigenvalue weighted by molar-refractivity contribution is 7.89. The van der Waals surface area contributed by atoms with E-state index in [1.807, 2.05) is 0 Å². The number of nitrogen functional groups attached to an aromatic ring is 1. The molecule has 0 aliphatic heterocycles. The molecular formula is C12H17ClN2O2S. The average molecular weight is 289 g/mol. The predicted octanol–water partition coefficient (Wildman–Crippen LogP) is 2.39. The Morgan fingerprint density at radius 1 is 1.44 bits per heavy atom. The lowest BCUT2D eigenvalue weighted by molar-refractivity contribution is 0.166. The molecule has 0 radical (unpaired) electrons. The monoisotopic (exact) mass is 288 g/mol. The van der Waals surface area contributed by atoms with Gasteiger partial charge in [-0.05, 0) is 30.4 Å². The molecule has 1 aliphatic carbocycles. The molecule has 6 heteroatoms. The maximum absolute atomic E-state index is 12.2. The van der Waals surface area contributed by atoms with Gasteiger partial charge in [0, 0.05) is 6.54 Å². The van der Waals surface area contributed by atoms with Gasteiger partial charge in [0.2, 0.25) is 10.0 Å². The Morgan fingerprint density at radius 2 is 2.11 bits per heavy atom. The average Bonchev–Trinajstić information content (AvgIpc) is 2.23. The molecule has 0 aromatic heterocycles. The molecule has 0 spiro atoms. The van der Waals surface area contributed by atoms with Gasteiger partial charge in [0.25, 0.3) is 0 Å². The number of nitrogens with one attached hydrogen (secondary N) is 1. The Bertz CT molecular complexity index is 533. The lowest BCUT2D eigenvalue weighted by atomic mass is 9.71. The molecule has 0 atom stereocenters. The van der Waals surface area contributed by atoms with Crippen molar-refractivity contribution < 1.29 is 8.42 Å². The van der Waals surface area contributed by atoms with Crippen molar-refractivity contribution in [3.8, 4) is 0 Å². The molecule has 1 fully saturated rings. The van der Waals surface area contributed by atoms with Crippen LogP contribution >= 0.6 is 11.6 Å². The summed E-state index contributed by atoms with van der Waals surface area (Å²) >= 11 is 5.91. The fourth-order valence-corrected chi connectivity index (χ4v) is 3.98. The summed E-state index contributed by atoms with van der Waals surface area (Å²) in [6.45, 7) is 2.51. The number of hydrogen-bond acceptors (Lipinski definition) is 3. The lowest BCUT2D eigenvalue weighted by Gasteiger charge is -2.38. The van der Waals surface area contributed by atoms with Gasteiger partial charge in [-0.25, -0.2) is 13.1 Å². The van der Waals surface area contributed by atoms with Gasteiger partial charge in [0.05, 0.1) is 10.7 Å². The van der Waals surface area contributed by atoms with E-state index in [2.05, 4.69) is 11.6 Å². The maximum Gasteiger partial charge on any atom is 0.244 e. The molecule has 2 rings (SSSR count). The van der Waals surface area contributed by atoms with E-state index in [0.717, 1.165) is 19.3 Å². The summed E-state index contributed by atoms with van der Waals surface area (Å²) in [4.78, 5) is -0.0189. The summed E-state index contributed by atoms with van der Waals surface area (Å²) in [5.41, 5.74) is 5.94. The van der Waals surface area contributed by atoms with Crippen LogP contribution < -0.4 is 10.5 Å². The van der Waals surface area contributed by atoms with E-state index >= 15 is 0 Å². The van der Waals surface area contributed by atoms with Gasteiger partial charge in [-0.2, -0.15) is 0 Å². The first kappa shape index (κ1) is 13.6. The molecule has 3 N–H and O–H groups in total. The van der Waals surface area contributed by atoms with Crippen molar-refractivity contribution in [1.29, 1.82) is 0 Å². The Kier molecular flexibility index (Phi) is 3.58. The third-order valence-corrected chi connectivity index (χ3v) is 5.46. The first-order valence-corrected chi connectivity index (χ1v) is 7.74. The minimum Gasteiger partial charge on any atom is -0.398 e. The summed E-state index contributed by atoms with van der Waals surface area (Å²) in [5.74, 6) is 0. The van der Waals surface area contributed by atoms with E-state index in [0.29, 0.717) is 6.54 Å². The zero-order valence-corrected chi connectivity index (χ0v) is 11.8. The summed E-state index contributed by atoms with van der Waals surface area (Å²) in [5, 5.41) is 0.154. The Hall–Kier alpha value is -0.780. The van der Waals surface area contributed by atoms with Gasteiger partial charge in [-0.3, -0.25) is 0 Å². The van der Waals surface area contributed by atoms with E-state index < -0.39 is 10.0 Å². The molecule has 1 aromatic rings. The number of rotatable bonds is 4. The normalized spacial score (nSPS) is 18.3.